The third-order valence-electron chi connectivity index (χ3n) is 4.52. The standard InChI is InChI=1S/C21H22N2O4/c1-14(24)27-17-10-6-9-16(13-17)21(26)23-19-12-5-4-11-18(19)22-20(25)15-7-2-3-8-15/h4-6,9-13,15H,2-3,7-8H2,1H3,(H,22,25)(H,23,26). The molecule has 6 nitrogen and oxygen atoms in total. The largest absolute Gasteiger partial charge is 0.427 e. The van der Waals surface area contributed by atoms with Crippen molar-refractivity contribution in [2.75, 3.05) is 10.6 Å². The monoisotopic (exact) mass is 366 g/mol. The maximum absolute atomic E-state index is 12.6. The van der Waals surface area contributed by atoms with Crippen LogP contribution in [-0.4, -0.2) is 17.8 Å². The van der Waals surface area contributed by atoms with Crippen LogP contribution in [0, 0.1) is 5.92 Å². The van der Waals surface area contributed by atoms with E-state index in [0.717, 1.165) is 25.7 Å². The molecule has 1 fully saturated rings. The van der Waals surface area contributed by atoms with Gasteiger partial charge in [0.25, 0.3) is 5.91 Å². The smallest absolute Gasteiger partial charge is 0.308 e. The fourth-order valence-corrected chi connectivity index (χ4v) is 3.19. The first-order valence-electron chi connectivity index (χ1n) is 9.02. The molecule has 0 atom stereocenters. The highest BCUT2D eigenvalue weighted by Gasteiger charge is 2.23. The number of para-hydroxylation sites is 2. The molecule has 2 aromatic carbocycles. The van der Waals surface area contributed by atoms with Crippen molar-refractivity contribution < 1.29 is 19.1 Å². The van der Waals surface area contributed by atoms with Gasteiger partial charge in [-0.25, -0.2) is 0 Å². The van der Waals surface area contributed by atoms with E-state index in [0.29, 0.717) is 22.7 Å². The molecule has 1 aliphatic rings. The van der Waals surface area contributed by atoms with E-state index in [1.54, 1.807) is 42.5 Å². The lowest BCUT2D eigenvalue weighted by molar-refractivity contribution is -0.131. The minimum atomic E-state index is -0.451. The Labute approximate surface area is 157 Å². The SMILES string of the molecule is CC(=O)Oc1cccc(C(=O)Nc2ccccc2NC(=O)C2CCCC2)c1. The minimum absolute atomic E-state index is 0.00828. The van der Waals surface area contributed by atoms with E-state index in [4.69, 9.17) is 4.74 Å². The molecule has 0 radical (unpaired) electrons. The van der Waals surface area contributed by atoms with Crippen LogP contribution < -0.4 is 15.4 Å². The summed E-state index contributed by atoms with van der Waals surface area (Å²) in [5.74, 6) is -0.475. The lowest BCUT2D eigenvalue weighted by atomic mass is 10.1. The highest BCUT2D eigenvalue weighted by molar-refractivity contribution is 6.07. The number of benzene rings is 2. The van der Waals surface area contributed by atoms with Crippen molar-refractivity contribution in [3.05, 3.63) is 54.1 Å². The van der Waals surface area contributed by atoms with E-state index in [2.05, 4.69) is 10.6 Å². The molecule has 1 saturated carbocycles. The van der Waals surface area contributed by atoms with Crippen LogP contribution in [0.25, 0.3) is 0 Å². The van der Waals surface area contributed by atoms with E-state index in [1.807, 2.05) is 0 Å². The van der Waals surface area contributed by atoms with E-state index in [9.17, 15) is 14.4 Å². The molecule has 0 heterocycles. The summed E-state index contributed by atoms with van der Waals surface area (Å²) in [5, 5.41) is 5.73. The molecule has 0 bridgehead atoms. The number of ether oxygens (including phenoxy) is 1. The fourth-order valence-electron chi connectivity index (χ4n) is 3.19. The van der Waals surface area contributed by atoms with Gasteiger partial charge in [0.2, 0.25) is 5.91 Å². The van der Waals surface area contributed by atoms with Crippen LogP contribution in [0.4, 0.5) is 11.4 Å². The molecular formula is C21H22N2O4. The summed E-state index contributed by atoms with van der Waals surface area (Å²) in [6, 6.07) is 13.5. The third-order valence-corrected chi connectivity index (χ3v) is 4.52. The predicted octanol–water partition coefficient (Wildman–Crippen LogP) is 3.99. The van der Waals surface area contributed by atoms with E-state index < -0.39 is 5.97 Å². The lowest BCUT2D eigenvalue weighted by Crippen LogP contribution is -2.22. The molecule has 2 N–H and O–H groups in total. The quantitative estimate of drug-likeness (QED) is 0.619. The summed E-state index contributed by atoms with van der Waals surface area (Å²) in [4.78, 5) is 36.1. The number of amides is 2. The predicted molar refractivity (Wildman–Crippen MR) is 103 cm³/mol. The highest BCUT2D eigenvalue weighted by Crippen LogP contribution is 2.28. The van der Waals surface area contributed by atoms with Gasteiger partial charge in [-0.2, -0.15) is 0 Å². The van der Waals surface area contributed by atoms with E-state index in [1.165, 1.54) is 13.0 Å². The maximum atomic E-state index is 12.6. The molecular weight excluding hydrogens is 344 g/mol. The number of hydrogen-bond donors (Lipinski definition) is 2. The number of rotatable bonds is 5. The molecule has 0 aromatic heterocycles. The first-order chi connectivity index (χ1) is 13.0. The Balaban J connectivity index is 1.72. The van der Waals surface area contributed by atoms with Crippen molar-refractivity contribution in [3.63, 3.8) is 0 Å². The van der Waals surface area contributed by atoms with Crippen LogP contribution in [0.2, 0.25) is 0 Å². The molecule has 0 unspecified atom stereocenters. The van der Waals surface area contributed by atoms with E-state index >= 15 is 0 Å². The van der Waals surface area contributed by atoms with Gasteiger partial charge in [-0.3, -0.25) is 14.4 Å². The van der Waals surface area contributed by atoms with Crippen molar-refractivity contribution in [2.24, 2.45) is 5.92 Å². The van der Waals surface area contributed by atoms with Crippen molar-refractivity contribution in [1.29, 1.82) is 0 Å². The van der Waals surface area contributed by atoms with Gasteiger partial charge in [-0.15, -0.1) is 0 Å². The Morgan fingerprint density at radius 3 is 2.26 bits per heavy atom. The van der Waals surface area contributed by atoms with Gasteiger partial charge >= 0.3 is 5.97 Å². The second kappa shape index (κ2) is 8.49. The van der Waals surface area contributed by atoms with Gasteiger partial charge in [-0.05, 0) is 43.2 Å². The zero-order chi connectivity index (χ0) is 19.2. The molecule has 2 amide bonds. The van der Waals surface area contributed by atoms with Gasteiger partial charge in [0, 0.05) is 18.4 Å². The Morgan fingerprint density at radius 1 is 0.926 bits per heavy atom. The number of carbonyl (C=O) groups excluding carboxylic acids is 3. The second-order valence-electron chi connectivity index (χ2n) is 6.59. The van der Waals surface area contributed by atoms with Crippen molar-refractivity contribution in [2.45, 2.75) is 32.6 Å². The molecule has 0 aliphatic heterocycles. The first kappa shape index (κ1) is 18.6. The van der Waals surface area contributed by atoms with Crippen LogP contribution >= 0.6 is 0 Å². The average Bonchev–Trinajstić information content (AvgIpc) is 3.18. The summed E-state index contributed by atoms with van der Waals surface area (Å²) in [6.07, 6.45) is 3.97. The number of anilines is 2. The van der Waals surface area contributed by atoms with Crippen LogP contribution in [0.5, 0.6) is 5.75 Å². The van der Waals surface area contributed by atoms with Crippen molar-refractivity contribution >= 4 is 29.2 Å². The number of carbonyl (C=O) groups is 3. The van der Waals surface area contributed by atoms with Gasteiger partial charge < -0.3 is 15.4 Å². The number of esters is 1. The average molecular weight is 366 g/mol. The molecule has 6 heteroatoms. The molecule has 27 heavy (non-hydrogen) atoms. The molecule has 3 rings (SSSR count). The van der Waals surface area contributed by atoms with E-state index in [-0.39, 0.29) is 17.7 Å². The molecule has 0 saturated heterocycles. The molecule has 1 aliphatic carbocycles. The minimum Gasteiger partial charge on any atom is -0.427 e. The molecule has 2 aromatic rings. The van der Waals surface area contributed by atoms with Gasteiger partial charge in [0.1, 0.15) is 5.75 Å². The Morgan fingerprint density at radius 2 is 1.59 bits per heavy atom. The zero-order valence-corrected chi connectivity index (χ0v) is 15.2. The van der Waals surface area contributed by atoms with Crippen LogP contribution in [0.15, 0.2) is 48.5 Å². The summed E-state index contributed by atoms with van der Waals surface area (Å²) < 4.78 is 5.01. The number of hydrogen-bond acceptors (Lipinski definition) is 4. The third kappa shape index (κ3) is 4.94. The fraction of sp³-hybridized carbons (Fsp3) is 0.286. The van der Waals surface area contributed by atoms with Crippen LogP contribution in [-0.2, 0) is 9.59 Å². The summed E-state index contributed by atoms with van der Waals surface area (Å²) in [6.45, 7) is 1.30. The molecule has 0 spiro atoms. The van der Waals surface area contributed by atoms with Crippen molar-refractivity contribution in [3.8, 4) is 5.75 Å². The van der Waals surface area contributed by atoms with Gasteiger partial charge in [0.15, 0.2) is 0 Å². The van der Waals surface area contributed by atoms with Crippen LogP contribution in [0.1, 0.15) is 43.0 Å². The van der Waals surface area contributed by atoms with Crippen LogP contribution in [0.3, 0.4) is 0 Å². The number of nitrogens with one attached hydrogen (secondary N) is 2. The highest BCUT2D eigenvalue weighted by atomic mass is 16.5. The second-order valence-corrected chi connectivity index (χ2v) is 6.59. The Bertz CT molecular complexity index is 857. The summed E-state index contributed by atoms with van der Waals surface area (Å²) in [7, 11) is 0. The van der Waals surface area contributed by atoms with Gasteiger partial charge in [-0.1, -0.05) is 31.0 Å². The van der Waals surface area contributed by atoms with Crippen molar-refractivity contribution in [1.82, 2.24) is 0 Å². The lowest BCUT2D eigenvalue weighted by Gasteiger charge is -2.15. The zero-order valence-electron chi connectivity index (χ0n) is 15.2. The maximum Gasteiger partial charge on any atom is 0.308 e. The summed E-state index contributed by atoms with van der Waals surface area (Å²) in [5.41, 5.74) is 1.44. The van der Waals surface area contributed by atoms with Gasteiger partial charge in [0.05, 0.1) is 11.4 Å². The Kier molecular flexibility index (Phi) is 5.86. The normalized spacial score (nSPS) is 13.8. The molecule has 140 valence electrons. The Hall–Kier alpha value is -3.15. The first-order valence-corrected chi connectivity index (χ1v) is 9.02. The topological polar surface area (TPSA) is 84.5 Å². The summed E-state index contributed by atoms with van der Waals surface area (Å²) >= 11 is 0.